The van der Waals surface area contributed by atoms with Crippen LogP contribution in [0.5, 0.6) is 5.75 Å². The molecular weight excluding hydrogens is 256 g/mol. The van der Waals surface area contributed by atoms with Crippen molar-refractivity contribution in [3.63, 3.8) is 0 Å². The van der Waals surface area contributed by atoms with E-state index in [-0.39, 0.29) is 25.0 Å². The van der Waals surface area contributed by atoms with Gasteiger partial charge in [-0.3, -0.25) is 4.79 Å². The van der Waals surface area contributed by atoms with Gasteiger partial charge in [0.05, 0.1) is 6.61 Å². The first-order valence-electron chi connectivity index (χ1n) is 6.03. The Labute approximate surface area is 110 Å². The van der Waals surface area contributed by atoms with Gasteiger partial charge in [-0.2, -0.15) is 0 Å². The summed E-state index contributed by atoms with van der Waals surface area (Å²) in [6, 6.07) is 1.74. The Morgan fingerprint density at radius 2 is 2.16 bits per heavy atom. The maximum Gasteiger partial charge on any atom is 0.257 e. The highest BCUT2D eigenvalue weighted by Gasteiger charge is 2.22. The second kappa shape index (κ2) is 7.04. The Morgan fingerprint density at radius 1 is 1.47 bits per heavy atom. The van der Waals surface area contributed by atoms with Crippen LogP contribution >= 0.6 is 0 Å². The molecule has 0 saturated heterocycles. The summed E-state index contributed by atoms with van der Waals surface area (Å²) < 4.78 is 32.5. The molecular formula is C13H17F2NO3. The van der Waals surface area contributed by atoms with Gasteiger partial charge in [-0.1, -0.05) is 0 Å². The topological polar surface area (TPSA) is 58.6 Å². The monoisotopic (exact) mass is 273 g/mol. The van der Waals surface area contributed by atoms with Crippen molar-refractivity contribution in [3.05, 3.63) is 29.3 Å². The summed E-state index contributed by atoms with van der Waals surface area (Å²) in [5.74, 6) is -2.99. The minimum absolute atomic E-state index is 0.120. The molecule has 0 aliphatic rings. The van der Waals surface area contributed by atoms with Crippen molar-refractivity contribution in [3.8, 4) is 5.75 Å². The summed E-state index contributed by atoms with van der Waals surface area (Å²) in [5, 5.41) is 11.1. The Kier molecular flexibility index (Phi) is 5.69. The summed E-state index contributed by atoms with van der Waals surface area (Å²) >= 11 is 0. The molecule has 1 atom stereocenters. The molecule has 1 aromatic rings. The van der Waals surface area contributed by atoms with Crippen LogP contribution in [0.3, 0.4) is 0 Å². The van der Waals surface area contributed by atoms with Crippen LogP contribution in [0.2, 0.25) is 0 Å². The molecule has 0 fully saturated rings. The van der Waals surface area contributed by atoms with Gasteiger partial charge in [-0.05, 0) is 32.4 Å². The lowest BCUT2D eigenvalue weighted by atomic mass is 10.1. The van der Waals surface area contributed by atoms with Crippen molar-refractivity contribution in [2.45, 2.75) is 26.3 Å². The first-order chi connectivity index (χ1) is 9.01. The molecule has 4 nitrogen and oxygen atoms in total. The zero-order chi connectivity index (χ0) is 14.4. The van der Waals surface area contributed by atoms with Crippen molar-refractivity contribution >= 4 is 5.91 Å². The number of ether oxygens (including phenoxy) is 1. The minimum atomic E-state index is -1.02. The first-order valence-corrected chi connectivity index (χ1v) is 6.03. The van der Waals surface area contributed by atoms with Crippen LogP contribution in [0.15, 0.2) is 12.1 Å². The third-order valence-corrected chi connectivity index (χ3v) is 2.52. The van der Waals surface area contributed by atoms with Crippen LogP contribution in [-0.2, 0) is 0 Å². The molecule has 0 bridgehead atoms. The summed E-state index contributed by atoms with van der Waals surface area (Å²) in [5.41, 5.74) is -0.671. The van der Waals surface area contributed by atoms with Crippen LogP contribution in [-0.4, -0.2) is 30.3 Å². The molecule has 19 heavy (non-hydrogen) atoms. The van der Waals surface area contributed by atoms with Gasteiger partial charge in [-0.25, -0.2) is 8.78 Å². The van der Waals surface area contributed by atoms with Gasteiger partial charge in [0.15, 0.2) is 11.6 Å². The van der Waals surface area contributed by atoms with Crippen molar-refractivity contribution < 1.29 is 23.4 Å². The number of aliphatic hydroxyl groups is 1. The lowest BCUT2D eigenvalue weighted by molar-refractivity contribution is 0.0924. The number of nitrogens with one attached hydrogen (secondary N) is 1. The van der Waals surface area contributed by atoms with E-state index >= 15 is 0 Å². The molecule has 1 amide bonds. The molecule has 1 rings (SSSR count). The van der Waals surface area contributed by atoms with Gasteiger partial charge in [0, 0.05) is 12.6 Å². The van der Waals surface area contributed by atoms with E-state index in [1.165, 1.54) is 0 Å². The molecule has 0 spiro atoms. The molecule has 0 saturated carbocycles. The number of benzene rings is 1. The van der Waals surface area contributed by atoms with E-state index in [9.17, 15) is 13.6 Å². The average molecular weight is 273 g/mol. The van der Waals surface area contributed by atoms with Crippen molar-refractivity contribution in [1.29, 1.82) is 0 Å². The molecule has 1 unspecified atom stereocenters. The number of carbonyl (C=O) groups excluding carboxylic acids is 1. The fraction of sp³-hybridized carbons (Fsp3) is 0.462. The Hall–Kier alpha value is -1.69. The van der Waals surface area contributed by atoms with Crippen LogP contribution in [0.4, 0.5) is 8.78 Å². The average Bonchev–Trinajstić information content (AvgIpc) is 2.33. The van der Waals surface area contributed by atoms with E-state index in [0.29, 0.717) is 6.42 Å². The van der Waals surface area contributed by atoms with Crippen LogP contribution in [0.25, 0.3) is 0 Å². The van der Waals surface area contributed by atoms with Crippen LogP contribution in [0, 0.1) is 11.6 Å². The maximum absolute atomic E-state index is 13.9. The number of aliphatic hydroxyl groups excluding tert-OH is 1. The molecule has 1 aromatic carbocycles. The van der Waals surface area contributed by atoms with Gasteiger partial charge in [-0.15, -0.1) is 0 Å². The van der Waals surface area contributed by atoms with Crippen molar-refractivity contribution in [1.82, 2.24) is 5.32 Å². The molecule has 6 heteroatoms. The first kappa shape index (κ1) is 15.4. The third kappa shape index (κ3) is 3.89. The fourth-order valence-electron chi connectivity index (χ4n) is 1.57. The number of carbonyl (C=O) groups is 1. The van der Waals surface area contributed by atoms with E-state index in [1.54, 1.807) is 13.8 Å². The van der Waals surface area contributed by atoms with E-state index in [1.807, 2.05) is 0 Å². The normalized spacial score (nSPS) is 12.1. The summed E-state index contributed by atoms with van der Waals surface area (Å²) in [4.78, 5) is 11.8. The molecule has 0 aliphatic heterocycles. The number of hydrogen-bond donors (Lipinski definition) is 2. The van der Waals surface area contributed by atoms with E-state index in [2.05, 4.69) is 5.32 Å². The van der Waals surface area contributed by atoms with Crippen molar-refractivity contribution in [2.75, 3.05) is 13.2 Å². The lowest BCUT2D eigenvalue weighted by Crippen LogP contribution is -2.34. The van der Waals surface area contributed by atoms with E-state index in [0.717, 1.165) is 12.1 Å². The van der Waals surface area contributed by atoms with Gasteiger partial charge in [0.25, 0.3) is 5.91 Å². The van der Waals surface area contributed by atoms with Crippen LogP contribution < -0.4 is 10.1 Å². The highest BCUT2D eigenvalue weighted by Crippen LogP contribution is 2.23. The highest BCUT2D eigenvalue weighted by molar-refractivity contribution is 5.95. The SMILES string of the molecule is CCOc1ccc(F)c(C(=O)NC(C)CCO)c1F. The van der Waals surface area contributed by atoms with Crippen LogP contribution in [0.1, 0.15) is 30.6 Å². The molecule has 0 radical (unpaired) electrons. The Morgan fingerprint density at radius 3 is 2.74 bits per heavy atom. The lowest BCUT2D eigenvalue weighted by Gasteiger charge is -2.14. The van der Waals surface area contributed by atoms with Gasteiger partial charge < -0.3 is 15.2 Å². The number of rotatable bonds is 6. The van der Waals surface area contributed by atoms with E-state index in [4.69, 9.17) is 9.84 Å². The Bertz CT molecular complexity index is 452. The zero-order valence-corrected chi connectivity index (χ0v) is 10.9. The summed E-state index contributed by atoms with van der Waals surface area (Å²) in [7, 11) is 0. The molecule has 106 valence electrons. The predicted molar refractivity (Wildman–Crippen MR) is 66.2 cm³/mol. The summed E-state index contributed by atoms with van der Waals surface area (Å²) in [6.07, 6.45) is 0.306. The molecule has 0 heterocycles. The number of hydrogen-bond acceptors (Lipinski definition) is 3. The van der Waals surface area contributed by atoms with Crippen molar-refractivity contribution in [2.24, 2.45) is 0 Å². The smallest absolute Gasteiger partial charge is 0.257 e. The minimum Gasteiger partial charge on any atom is -0.491 e. The number of amides is 1. The highest BCUT2D eigenvalue weighted by atomic mass is 19.1. The standard InChI is InChI=1S/C13H17F2NO3/c1-3-19-10-5-4-9(14)11(12(10)15)13(18)16-8(2)6-7-17/h4-5,8,17H,3,6-7H2,1-2H3,(H,16,18). The van der Waals surface area contributed by atoms with Gasteiger partial charge in [0.1, 0.15) is 11.4 Å². The molecule has 0 aliphatic carbocycles. The predicted octanol–water partition coefficient (Wildman–Crippen LogP) is 1.86. The summed E-state index contributed by atoms with van der Waals surface area (Å²) in [6.45, 7) is 3.39. The quantitative estimate of drug-likeness (QED) is 0.831. The van der Waals surface area contributed by atoms with Gasteiger partial charge in [0.2, 0.25) is 0 Å². The largest absolute Gasteiger partial charge is 0.491 e. The molecule has 2 N–H and O–H groups in total. The second-order valence-electron chi connectivity index (χ2n) is 4.05. The fourth-order valence-corrected chi connectivity index (χ4v) is 1.57. The van der Waals surface area contributed by atoms with Gasteiger partial charge >= 0.3 is 0 Å². The second-order valence-corrected chi connectivity index (χ2v) is 4.05. The number of halogens is 2. The van der Waals surface area contributed by atoms with E-state index < -0.39 is 23.1 Å². The Balaban J connectivity index is 2.98. The maximum atomic E-state index is 13.9. The molecule has 0 aromatic heterocycles. The zero-order valence-electron chi connectivity index (χ0n) is 10.9. The third-order valence-electron chi connectivity index (χ3n) is 2.52.